The van der Waals surface area contributed by atoms with Crippen LogP contribution in [0.15, 0.2) is 36.4 Å². The molecular weight excluding hydrogens is 382 g/mol. The maximum atomic E-state index is 13.0. The monoisotopic (exact) mass is 411 g/mol. The maximum Gasteiger partial charge on any atom is 0.261 e. The Morgan fingerprint density at radius 3 is 2.66 bits per heavy atom. The fraction of sp³-hybridized carbons (Fsp3) is 0.522. The van der Waals surface area contributed by atoms with Crippen molar-refractivity contribution in [2.75, 3.05) is 44.3 Å². The number of nitrogens with zero attached hydrogens (tertiary/aromatic N) is 2. The summed E-state index contributed by atoms with van der Waals surface area (Å²) < 4.78 is 5.47. The molecule has 4 aliphatic rings. The standard InChI is InChI=1S/C23H29N3O2S/c1-16-22(17-7-9-25(16)10-8-17)24-23(27)21-6-5-20(29-21)18-3-2-4-19(15-18)26-11-13-28-14-12-26/h2-6,15-17,22H,7-14H2,1H3,(H,24,27)/t16-,22+/m1/s1. The first-order valence-electron chi connectivity index (χ1n) is 10.8. The number of morpholine rings is 1. The van der Waals surface area contributed by atoms with Crippen LogP contribution < -0.4 is 10.2 Å². The van der Waals surface area contributed by atoms with Crippen molar-refractivity contribution in [3.63, 3.8) is 0 Å². The fourth-order valence-corrected chi connectivity index (χ4v) is 5.97. The van der Waals surface area contributed by atoms with Crippen LogP contribution in [0.1, 0.15) is 29.4 Å². The summed E-state index contributed by atoms with van der Waals surface area (Å²) in [7, 11) is 0. The van der Waals surface area contributed by atoms with Crippen molar-refractivity contribution in [3.8, 4) is 10.4 Å². The lowest BCUT2D eigenvalue weighted by Crippen LogP contribution is -2.62. The van der Waals surface area contributed by atoms with E-state index in [0.717, 1.165) is 36.1 Å². The summed E-state index contributed by atoms with van der Waals surface area (Å²) in [6.07, 6.45) is 2.42. The Morgan fingerprint density at radius 1 is 1.10 bits per heavy atom. The summed E-state index contributed by atoms with van der Waals surface area (Å²) in [6, 6.07) is 13.4. The lowest BCUT2D eigenvalue weighted by atomic mass is 9.79. The summed E-state index contributed by atoms with van der Waals surface area (Å²) in [5.41, 5.74) is 2.40. The summed E-state index contributed by atoms with van der Waals surface area (Å²) in [4.78, 5) is 19.8. The molecule has 1 N–H and O–H groups in total. The van der Waals surface area contributed by atoms with Crippen LogP contribution >= 0.6 is 11.3 Å². The van der Waals surface area contributed by atoms with Gasteiger partial charge in [0.15, 0.2) is 0 Å². The topological polar surface area (TPSA) is 44.8 Å². The van der Waals surface area contributed by atoms with Crippen LogP contribution in [0.2, 0.25) is 0 Å². The molecule has 0 spiro atoms. The lowest BCUT2D eigenvalue weighted by molar-refractivity contribution is 0.0218. The Hall–Kier alpha value is -1.89. The maximum absolute atomic E-state index is 13.0. The highest BCUT2D eigenvalue weighted by atomic mass is 32.1. The first kappa shape index (κ1) is 19.1. The van der Waals surface area contributed by atoms with Gasteiger partial charge in [0.05, 0.1) is 18.1 Å². The molecule has 6 rings (SSSR count). The van der Waals surface area contributed by atoms with Gasteiger partial charge in [0.25, 0.3) is 5.91 Å². The van der Waals surface area contributed by atoms with E-state index in [0.29, 0.717) is 12.0 Å². The van der Waals surface area contributed by atoms with Crippen molar-refractivity contribution in [1.29, 1.82) is 0 Å². The molecule has 6 heteroatoms. The Balaban J connectivity index is 1.30. The normalized spacial score (nSPS) is 29.1. The lowest BCUT2D eigenvalue weighted by Gasteiger charge is -2.49. The predicted molar refractivity (Wildman–Crippen MR) is 118 cm³/mol. The number of anilines is 1. The molecule has 0 radical (unpaired) electrons. The predicted octanol–water partition coefficient (Wildman–Crippen LogP) is 3.46. The minimum Gasteiger partial charge on any atom is -0.378 e. The first-order valence-corrected chi connectivity index (χ1v) is 11.6. The Labute approximate surface area is 176 Å². The van der Waals surface area contributed by atoms with E-state index in [1.807, 2.05) is 6.07 Å². The van der Waals surface area contributed by atoms with Gasteiger partial charge in [-0.15, -0.1) is 11.3 Å². The van der Waals surface area contributed by atoms with E-state index >= 15 is 0 Å². The van der Waals surface area contributed by atoms with Gasteiger partial charge in [-0.25, -0.2) is 0 Å². The highest BCUT2D eigenvalue weighted by molar-refractivity contribution is 7.17. The molecule has 5 heterocycles. The summed E-state index contributed by atoms with van der Waals surface area (Å²) in [5, 5.41) is 3.35. The van der Waals surface area contributed by atoms with Gasteiger partial charge in [0.1, 0.15) is 0 Å². The minimum absolute atomic E-state index is 0.0798. The van der Waals surface area contributed by atoms with Crippen LogP contribution in [-0.2, 0) is 4.74 Å². The van der Waals surface area contributed by atoms with Gasteiger partial charge in [0.2, 0.25) is 0 Å². The third kappa shape index (κ3) is 3.81. The number of amides is 1. The Kier molecular flexibility index (Phi) is 5.33. The zero-order valence-corrected chi connectivity index (χ0v) is 17.8. The highest BCUT2D eigenvalue weighted by Gasteiger charge is 2.40. The second-order valence-electron chi connectivity index (χ2n) is 8.43. The van der Waals surface area contributed by atoms with E-state index in [4.69, 9.17) is 4.74 Å². The molecule has 4 aliphatic heterocycles. The number of carbonyl (C=O) groups is 1. The zero-order chi connectivity index (χ0) is 19.8. The van der Waals surface area contributed by atoms with E-state index in [2.05, 4.69) is 52.4 Å². The van der Waals surface area contributed by atoms with Gasteiger partial charge in [-0.05, 0) is 68.6 Å². The van der Waals surface area contributed by atoms with E-state index in [-0.39, 0.29) is 11.9 Å². The quantitative estimate of drug-likeness (QED) is 0.837. The third-order valence-electron chi connectivity index (χ3n) is 6.81. The van der Waals surface area contributed by atoms with Gasteiger partial charge in [-0.1, -0.05) is 12.1 Å². The number of rotatable bonds is 4. The molecule has 0 saturated carbocycles. The molecule has 1 amide bonds. The molecule has 4 fully saturated rings. The third-order valence-corrected chi connectivity index (χ3v) is 7.95. The molecule has 2 bridgehead atoms. The smallest absolute Gasteiger partial charge is 0.261 e. The van der Waals surface area contributed by atoms with Crippen molar-refractivity contribution in [2.24, 2.45) is 5.92 Å². The van der Waals surface area contributed by atoms with Crippen LogP contribution in [0.4, 0.5) is 5.69 Å². The van der Waals surface area contributed by atoms with Gasteiger partial charge >= 0.3 is 0 Å². The number of benzene rings is 1. The van der Waals surface area contributed by atoms with Gasteiger partial charge < -0.3 is 15.0 Å². The molecule has 4 saturated heterocycles. The van der Waals surface area contributed by atoms with E-state index < -0.39 is 0 Å². The van der Waals surface area contributed by atoms with Crippen LogP contribution in [-0.4, -0.2) is 62.3 Å². The average Bonchev–Trinajstić information content (AvgIpc) is 3.28. The molecule has 5 nitrogen and oxygen atoms in total. The van der Waals surface area contributed by atoms with Gasteiger partial charge in [-0.2, -0.15) is 0 Å². The second-order valence-corrected chi connectivity index (χ2v) is 9.51. The van der Waals surface area contributed by atoms with E-state index in [9.17, 15) is 4.79 Å². The number of thiophene rings is 1. The number of ether oxygens (including phenoxy) is 1. The largest absolute Gasteiger partial charge is 0.378 e. The highest BCUT2D eigenvalue weighted by Crippen LogP contribution is 2.34. The number of fused-ring (bicyclic) bond motifs is 3. The van der Waals surface area contributed by atoms with Crippen molar-refractivity contribution in [2.45, 2.75) is 31.8 Å². The molecular formula is C23H29N3O2S. The van der Waals surface area contributed by atoms with Gasteiger partial charge in [-0.3, -0.25) is 9.69 Å². The Bertz CT molecular complexity index is 867. The number of nitrogens with one attached hydrogen (secondary N) is 1. The van der Waals surface area contributed by atoms with Crippen molar-refractivity contribution < 1.29 is 9.53 Å². The van der Waals surface area contributed by atoms with Crippen LogP contribution in [0.5, 0.6) is 0 Å². The van der Waals surface area contributed by atoms with Gasteiger partial charge in [0, 0.05) is 35.7 Å². The van der Waals surface area contributed by atoms with Crippen LogP contribution in [0.25, 0.3) is 10.4 Å². The fourth-order valence-electron chi connectivity index (χ4n) is 5.06. The molecule has 2 atom stereocenters. The molecule has 29 heavy (non-hydrogen) atoms. The molecule has 1 aromatic heterocycles. The molecule has 154 valence electrons. The van der Waals surface area contributed by atoms with E-state index in [1.54, 1.807) is 11.3 Å². The second kappa shape index (κ2) is 8.09. The number of carbonyl (C=O) groups excluding carboxylic acids is 1. The van der Waals surface area contributed by atoms with Crippen LogP contribution in [0, 0.1) is 5.92 Å². The van der Waals surface area contributed by atoms with E-state index in [1.165, 1.54) is 37.2 Å². The summed E-state index contributed by atoms with van der Waals surface area (Å²) in [5.74, 6) is 0.708. The van der Waals surface area contributed by atoms with Crippen molar-refractivity contribution in [1.82, 2.24) is 10.2 Å². The zero-order valence-electron chi connectivity index (χ0n) is 17.0. The summed E-state index contributed by atoms with van der Waals surface area (Å²) in [6.45, 7) is 8.05. The number of piperidine rings is 3. The molecule has 1 aromatic carbocycles. The molecule has 0 unspecified atom stereocenters. The molecule has 2 aromatic rings. The minimum atomic E-state index is 0.0798. The SMILES string of the molecule is C[C@@H]1[C@H](NC(=O)c2ccc(-c3cccc(N4CCOCC4)c3)s2)C2CCN1CC2. The Morgan fingerprint density at radius 2 is 1.90 bits per heavy atom. The van der Waals surface area contributed by atoms with Crippen molar-refractivity contribution in [3.05, 3.63) is 41.3 Å². The molecule has 0 aliphatic carbocycles. The summed E-state index contributed by atoms with van der Waals surface area (Å²) >= 11 is 1.59. The first-order chi connectivity index (χ1) is 14.2. The van der Waals surface area contributed by atoms with Crippen LogP contribution in [0.3, 0.4) is 0 Å². The number of hydrogen-bond acceptors (Lipinski definition) is 5. The number of hydrogen-bond donors (Lipinski definition) is 1. The average molecular weight is 412 g/mol. The van der Waals surface area contributed by atoms with Crippen molar-refractivity contribution >= 4 is 22.9 Å².